The maximum atomic E-state index is 12.5. The SMILES string of the molecule is CCOc1ccc2nc(NC(=O)c3ccc(SCc4cscn4)cc3)sc2c1. The van der Waals surface area contributed by atoms with Crippen LogP contribution in [0.3, 0.4) is 0 Å². The third kappa shape index (κ3) is 4.52. The number of thiazole rings is 2. The van der Waals surface area contributed by atoms with E-state index in [0.717, 1.165) is 32.3 Å². The van der Waals surface area contributed by atoms with E-state index in [1.165, 1.54) is 11.3 Å². The highest BCUT2D eigenvalue weighted by Crippen LogP contribution is 2.30. The van der Waals surface area contributed by atoms with Gasteiger partial charge in [-0.1, -0.05) is 11.3 Å². The highest BCUT2D eigenvalue weighted by atomic mass is 32.2. The van der Waals surface area contributed by atoms with Crippen molar-refractivity contribution in [3.63, 3.8) is 0 Å². The monoisotopic (exact) mass is 427 g/mol. The van der Waals surface area contributed by atoms with E-state index in [0.29, 0.717) is 17.3 Å². The van der Waals surface area contributed by atoms with Crippen LogP contribution in [0.5, 0.6) is 5.75 Å². The number of nitrogens with one attached hydrogen (secondary N) is 1. The molecule has 0 fully saturated rings. The number of hydrogen-bond donors (Lipinski definition) is 1. The van der Waals surface area contributed by atoms with Crippen molar-refractivity contribution in [2.75, 3.05) is 11.9 Å². The van der Waals surface area contributed by atoms with Gasteiger partial charge in [-0.25, -0.2) is 9.97 Å². The number of nitrogens with zero attached hydrogens (tertiary/aromatic N) is 2. The predicted octanol–water partition coefficient (Wildman–Crippen LogP) is 5.70. The molecule has 4 aromatic rings. The molecule has 0 saturated carbocycles. The Labute approximate surface area is 174 Å². The van der Waals surface area contributed by atoms with Gasteiger partial charge in [0.05, 0.1) is 28.0 Å². The lowest BCUT2D eigenvalue weighted by Gasteiger charge is -2.03. The number of carbonyl (C=O) groups is 1. The van der Waals surface area contributed by atoms with Crippen LogP contribution in [-0.4, -0.2) is 22.5 Å². The molecule has 0 radical (unpaired) electrons. The van der Waals surface area contributed by atoms with Crippen molar-refractivity contribution in [1.82, 2.24) is 9.97 Å². The Morgan fingerprint density at radius 1 is 1.21 bits per heavy atom. The molecule has 28 heavy (non-hydrogen) atoms. The van der Waals surface area contributed by atoms with Crippen molar-refractivity contribution >= 4 is 55.7 Å². The van der Waals surface area contributed by atoms with Gasteiger partial charge in [-0.05, 0) is 49.4 Å². The van der Waals surface area contributed by atoms with Gasteiger partial charge in [-0.15, -0.1) is 23.1 Å². The first-order valence-electron chi connectivity index (χ1n) is 8.66. The van der Waals surface area contributed by atoms with E-state index in [4.69, 9.17) is 4.74 Å². The summed E-state index contributed by atoms with van der Waals surface area (Å²) in [6, 6.07) is 13.3. The number of benzene rings is 2. The fraction of sp³-hybridized carbons (Fsp3) is 0.150. The molecule has 0 aliphatic heterocycles. The molecular formula is C20H17N3O2S3. The first-order valence-corrected chi connectivity index (χ1v) is 11.4. The average Bonchev–Trinajstić information content (AvgIpc) is 3.36. The van der Waals surface area contributed by atoms with Crippen LogP contribution in [-0.2, 0) is 5.75 Å². The lowest BCUT2D eigenvalue weighted by atomic mass is 10.2. The van der Waals surface area contributed by atoms with E-state index >= 15 is 0 Å². The van der Waals surface area contributed by atoms with Crippen LogP contribution in [0.25, 0.3) is 10.2 Å². The zero-order valence-corrected chi connectivity index (χ0v) is 17.5. The van der Waals surface area contributed by atoms with E-state index < -0.39 is 0 Å². The molecule has 0 unspecified atom stereocenters. The quantitative estimate of drug-likeness (QED) is 0.384. The molecule has 0 aliphatic rings. The van der Waals surface area contributed by atoms with Crippen LogP contribution in [0.2, 0.25) is 0 Å². The second kappa shape index (κ2) is 8.72. The van der Waals surface area contributed by atoms with Crippen molar-refractivity contribution in [3.8, 4) is 5.75 Å². The van der Waals surface area contributed by atoms with E-state index in [1.807, 2.05) is 60.3 Å². The molecule has 5 nitrogen and oxygen atoms in total. The number of thioether (sulfide) groups is 1. The zero-order chi connectivity index (χ0) is 19.3. The Bertz CT molecular complexity index is 1080. The van der Waals surface area contributed by atoms with E-state index in [2.05, 4.69) is 15.3 Å². The minimum absolute atomic E-state index is 0.167. The second-order valence-electron chi connectivity index (χ2n) is 5.83. The topological polar surface area (TPSA) is 64.1 Å². The summed E-state index contributed by atoms with van der Waals surface area (Å²) in [5, 5.41) is 5.51. The Kier molecular flexibility index (Phi) is 5.90. The minimum Gasteiger partial charge on any atom is -0.494 e. The first kappa shape index (κ1) is 18.9. The maximum Gasteiger partial charge on any atom is 0.257 e. The summed E-state index contributed by atoms with van der Waals surface area (Å²) >= 11 is 4.74. The van der Waals surface area contributed by atoms with Crippen LogP contribution in [0, 0.1) is 0 Å². The van der Waals surface area contributed by atoms with Gasteiger partial charge < -0.3 is 4.74 Å². The fourth-order valence-corrected chi connectivity index (χ4v) is 4.91. The van der Waals surface area contributed by atoms with Crippen LogP contribution in [0.1, 0.15) is 23.0 Å². The van der Waals surface area contributed by atoms with Crippen molar-refractivity contribution in [2.24, 2.45) is 0 Å². The summed E-state index contributed by atoms with van der Waals surface area (Å²) in [5.41, 5.74) is 4.35. The largest absolute Gasteiger partial charge is 0.494 e. The lowest BCUT2D eigenvalue weighted by molar-refractivity contribution is 0.102. The normalized spacial score (nSPS) is 10.9. The summed E-state index contributed by atoms with van der Waals surface area (Å²) in [5.74, 6) is 1.47. The van der Waals surface area contributed by atoms with Gasteiger partial charge in [0.25, 0.3) is 5.91 Å². The molecule has 0 spiro atoms. The van der Waals surface area contributed by atoms with Gasteiger partial charge in [0, 0.05) is 21.6 Å². The summed E-state index contributed by atoms with van der Waals surface area (Å²) < 4.78 is 6.50. The highest BCUT2D eigenvalue weighted by Gasteiger charge is 2.11. The number of hydrogen-bond acceptors (Lipinski definition) is 7. The number of aromatic nitrogens is 2. The van der Waals surface area contributed by atoms with E-state index in [1.54, 1.807) is 23.1 Å². The van der Waals surface area contributed by atoms with E-state index in [-0.39, 0.29) is 5.91 Å². The van der Waals surface area contributed by atoms with Crippen LogP contribution in [0.4, 0.5) is 5.13 Å². The number of anilines is 1. The molecule has 2 aromatic carbocycles. The number of amides is 1. The van der Waals surface area contributed by atoms with Crippen LogP contribution < -0.4 is 10.1 Å². The van der Waals surface area contributed by atoms with Crippen LogP contribution >= 0.6 is 34.4 Å². The van der Waals surface area contributed by atoms with Crippen LogP contribution in [0.15, 0.2) is 58.3 Å². The molecule has 1 N–H and O–H groups in total. The second-order valence-corrected chi connectivity index (χ2v) is 8.63. The Balaban J connectivity index is 1.40. The van der Waals surface area contributed by atoms with Crippen molar-refractivity contribution in [2.45, 2.75) is 17.6 Å². The molecule has 142 valence electrons. The van der Waals surface area contributed by atoms with Gasteiger partial charge in [-0.3, -0.25) is 10.1 Å². The molecule has 2 heterocycles. The predicted molar refractivity (Wildman–Crippen MR) is 117 cm³/mol. The number of carbonyl (C=O) groups excluding carboxylic acids is 1. The Morgan fingerprint density at radius 2 is 2.07 bits per heavy atom. The molecule has 8 heteroatoms. The Hall–Kier alpha value is -2.42. The summed E-state index contributed by atoms with van der Waals surface area (Å²) in [7, 11) is 0. The standard InChI is InChI=1S/C20H17N3O2S3/c1-2-25-15-5-8-17-18(9-15)28-20(22-17)23-19(24)13-3-6-16(7-4-13)27-11-14-10-26-12-21-14/h3-10,12H,2,11H2,1H3,(H,22,23,24). The number of ether oxygens (including phenoxy) is 1. The third-order valence-corrected chi connectivity index (χ3v) is 6.49. The molecule has 0 bridgehead atoms. The first-order chi connectivity index (χ1) is 13.7. The molecule has 0 aliphatic carbocycles. The number of rotatable bonds is 7. The summed E-state index contributed by atoms with van der Waals surface area (Å²) in [4.78, 5) is 22.4. The molecule has 0 atom stereocenters. The van der Waals surface area contributed by atoms with Gasteiger partial charge in [0.15, 0.2) is 5.13 Å². The smallest absolute Gasteiger partial charge is 0.257 e. The lowest BCUT2D eigenvalue weighted by Crippen LogP contribution is -2.11. The minimum atomic E-state index is -0.167. The molecule has 4 rings (SSSR count). The van der Waals surface area contributed by atoms with Gasteiger partial charge in [-0.2, -0.15) is 0 Å². The molecule has 1 amide bonds. The third-order valence-electron chi connectivity index (χ3n) is 3.88. The summed E-state index contributed by atoms with van der Waals surface area (Å²) in [6.45, 7) is 2.57. The van der Waals surface area contributed by atoms with Gasteiger partial charge >= 0.3 is 0 Å². The van der Waals surface area contributed by atoms with Gasteiger partial charge in [0.1, 0.15) is 5.75 Å². The van der Waals surface area contributed by atoms with Crippen molar-refractivity contribution in [1.29, 1.82) is 0 Å². The molecular weight excluding hydrogens is 410 g/mol. The number of fused-ring (bicyclic) bond motifs is 1. The average molecular weight is 428 g/mol. The van der Waals surface area contributed by atoms with Crippen molar-refractivity contribution < 1.29 is 9.53 Å². The molecule has 2 aromatic heterocycles. The fourth-order valence-electron chi connectivity index (χ4n) is 2.55. The Morgan fingerprint density at radius 3 is 2.82 bits per heavy atom. The summed E-state index contributed by atoms with van der Waals surface area (Å²) in [6.07, 6.45) is 0. The van der Waals surface area contributed by atoms with E-state index in [9.17, 15) is 4.79 Å². The van der Waals surface area contributed by atoms with Crippen molar-refractivity contribution in [3.05, 3.63) is 64.6 Å². The molecule has 0 saturated heterocycles. The maximum absolute atomic E-state index is 12.5. The van der Waals surface area contributed by atoms with Gasteiger partial charge in [0.2, 0.25) is 0 Å². The zero-order valence-electron chi connectivity index (χ0n) is 15.0. The highest BCUT2D eigenvalue weighted by molar-refractivity contribution is 7.98.